The number of hydrogen-bond donors (Lipinski definition) is 0. The summed E-state index contributed by atoms with van der Waals surface area (Å²) in [5.74, 6) is 1.46. The molecule has 2 unspecified atom stereocenters. The normalized spacial score (nSPS) is 25.9. The van der Waals surface area contributed by atoms with Crippen LogP contribution in [0.2, 0.25) is 0 Å². The third-order valence-electron chi connectivity index (χ3n) is 6.28. The molecule has 1 aliphatic carbocycles. The monoisotopic (exact) mass is 319 g/mol. The minimum Gasteiger partial charge on any atom is -0.300 e. The van der Waals surface area contributed by atoms with Crippen LogP contribution in [-0.2, 0) is 6.42 Å². The minimum absolute atomic E-state index is 0.695. The smallest absolute Gasteiger partial charge is 0.0104 e. The summed E-state index contributed by atoms with van der Waals surface area (Å²) in [4.78, 5) is 2.79. The molecule has 1 aliphatic heterocycles. The van der Waals surface area contributed by atoms with Gasteiger partial charge >= 0.3 is 0 Å². The molecule has 0 saturated carbocycles. The molecule has 0 spiro atoms. The van der Waals surface area contributed by atoms with Crippen LogP contribution in [0.15, 0.2) is 54.6 Å². The van der Waals surface area contributed by atoms with Crippen molar-refractivity contribution in [3.8, 4) is 0 Å². The van der Waals surface area contributed by atoms with Crippen molar-refractivity contribution in [3.63, 3.8) is 0 Å². The third kappa shape index (κ3) is 3.28. The van der Waals surface area contributed by atoms with Gasteiger partial charge in [0.05, 0.1) is 0 Å². The summed E-state index contributed by atoms with van der Waals surface area (Å²) in [6.45, 7) is 4.97. The molecule has 0 bridgehead atoms. The average Bonchev–Trinajstić information content (AvgIpc) is 2.82. The van der Waals surface area contributed by atoms with Crippen molar-refractivity contribution in [2.45, 2.75) is 56.9 Å². The van der Waals surface area contributed by atoms with E-state index in [2.05, 4.69) is 66.4 Å². The first-order chi connectivity index (χ1) is 11.8. The van der Waals surface area contributed by atoms with Gasteiger partial charge in [0.1, 0.15) is 0 Å². The molecule has 2 aromatic carbocycles. The summed E-state index contributed by atoms with van der Waals surface area (Å²) < 4.78 is 0. The highest BCUT2D eigenvalue weighted by Gasteiger charge is 2.29. The molecule has 0 aromatic heterocycles. The molecule has 2 atom stereocenters. The molecule has 0 amide bonds. The Labute approximate surface area is 146 Å². The van der Waals surface area contributed by atoms with Gasteiger partial charge in [-0.15, -0.1) is 0 Å². The van der Waals surface area contributed by atoms with Gasteiger partial charge in [-0.1, -0.05) is 61.5 Å². The van der Waals surface area contributed by atoms with E-state index < -0.39 is 0 Å². The van der Waals surface area contributed by atoms with Gasteiger partial charge < -0.3 is 4.90 Å². The molecule has 1 nitrogen and oxygen atoms in total. The van der Waals surface area contributed by atoms with Crippen molar-refractivity contribution in [2.75, 3.05) is 13.1 Å². The van der Waals surface area contributed by atoms with Gasteiger partial charge in [-0.05, 0) is 73.7 Å². The number of benzene rings is 2. The quantitative estimate of drug-likeness (QED) is 0.672. The van der Waals surface area contributed by atoms with Crippen LogP contribution in [0.5, 0.6) is 0 Å². The third-order valence-corrected chi connectivity index (χ3v) is 6.28. The fourth-order valence-corrected chi connectivity index (χ4v) is 4.87. The molecule has 0 radical (unpaired) electrons. The Kier molecular flexibility index (Phi) is 4.71. The second-order valence-electron chi connectivity index (χ2n) is 7.75. The molecule has 126 valence electrons. The first-order valence-electron chi connectivity index (χ1n) is 9.68. The van der Waals surface area contributed by atoms with Crippen molar-refractivity contribution in [2.24, 2.45) is 0 Å². The zero-order valence-corrected chi connectivity index (χ0v) is 14.8. The van der Waals surface area contributed by atoms with E-state index in [0.29, 0.717) is 5.92 Å². The number of aryl methyl sites for hydroxylation is 1. The predicted molar refractivity (Wildman–Crippen MR) is 102 cm³/mol. The Morgan fingerprint density at radius 2 is 1.54 bits per heavy atom. The summed E-state index contributed by atoms with van der Waals surface area (Å²) in [6, 6.07) is 21.0. The van der Waals surface area contributed by atoms with Gasteiger partial charge in [-0.3, -0.25) is 0 Å². The molecular formula is C23H29N. The molecule has 2 aromatic rings. The number of piperidine rings is 1. The minimum atomic E-state index is 0.695. The van der Waals surface area contributed by atoms with Crippen LogP contribution in [-0.4, -0.2) is 24.0 Å². The van der Waals surface area contributed by atoms with Crippen LogP contribution in [0.3, 0.4) is 0 Å². The molecule has 1 fully saturated rings. The van der Waals surface area contributed by atoms with Crippen LogP contribution < -0.4 is 0 Å². The topological polar surface area (TPSA) is 3.24 Å². The lowest BCUT2D eigenvalue weighted by Gasteiger charge is -2.38. The van der Waals surface area contributed by atoms with Gasteiger partial charge in [0.15, 0.2) is 0 Å². The molecule has 0 N–H and O–H groups in total. The molecule has 1 saturated heterocycles. The summed E-state index contributed by atoms with van der Waals surface area (Å²) >= 11 is 0. The van der Waals surface area contributed by atoms with E-state index in [1.54, 1.807) is 16.7 Å². The van der Waals surface area contributed by atoms with Gasteiger partial charge in [0, 0.05) is 6.04 Å². The Balaban J connectivity index is 1.40. The van der Waals surface area contributed by atoms with Crippen molar-refractivity contribution in [1.29, 1.82) is 0 Å². The zero-order valence-electron chi connectivity index (χ0n) is 14.8. The van der Waals surface area contributed by atoms with Gasteiger partial charge in [0.2, 0.25) is 0 Å². The summed E-state index contributed by atoms with van der Waals surface area (Å²) in [6.07, 6.45) is 6.55. The maximum atomic E-state index is 2.79. The SMILES string of the molecule is CC1CC(N2CCC(c3ccccc3)CC2)CCc2ccccc21. The van der Waals surface area contributed by atoms with E-state index in [9.17, 15) is 0 Å². The van der Waals surface area contributed by atoms with E-state index >= 15 is 0 Å². The predicted octanol–water partition coefficient (Wildman–Crippen LogP) is 5.37. The molecular weight excluding hydrogens is 290 g/mol. The average molecular weight is 319 g/mol. The molecule has 2 aliphatic rings. The Morgan fingerprint density at radius 3 is 2.33 bits per heavy atom. The lowest BCUT2D eigenvalue weighted by molar-refractivity contribution is 0.135. The standard InChI is InChI=1S/C23H29N/c1-18-17-22(12-11-21-9-5-6-10-23(18)21)24-15-13-20(14-16-24)19-7-3-2-4-8-19/h2-10,18,20,22H,11-17H2,1H3. The van der Waals surface area contributed by atoms with E-state index in [-0.39, 0.29) is 0 Å². The highest BCUT2D eigenvalue weighted by molar-refractivity contribution is 5.31. The number of hydrogen-bond acceptors (Lipinski definition) is 1. The zero-order chi connectivity index (χ0) is 16.4. The molecule has 1 heteroatoms. The fourth-order valence-electron chi connectivity index (χ4n) is 4.87. The van der Waals surface area contributed by atoms with Crippen LogP contribution in [0.25, 0.3) is 0 Å². The molecule has 24 heavy (non-hydrogen) atoms. The first kappa shape index (κ1) is 15.9. The van der Waals surface area contributed by atoms with Crippen molar-refractivity contribution in [1.82, 2.24) is 4.90 Å². The molecule has 1 heterocycles. The Hall–Kier alpha value is -1.60. The van der Waals surface area contributed by atoms with Crippen LogP contribution in [0.4, 0.5) is 0 Å². The number of likely N-dealkylation sites (tertiary alicyclic amines) is 1. The Morgan fingerprint density at radius 1 is 0.833 bits per heavy atom. The largest absolute Gasteiger partial charge is 0.300 e. The fraction of sp³-hybridized carbons (Fsp3) is 0.478. The van der Waals surface area contributed by atoms with Crippen LogP contribution in [0.1, 0.15) is 61.1 Å². The van der Waals surface area contributed by atoms with E-state index in [4.69, 9.17) is 0 Å². The molecule has 4 rings (SSSR count). The maximum Gasteiger partial charge on any atom is 0.0104 e. The van der Waals surface area contributed by atoms with Gasteiger partial charge in [-0.25, -0.2) is 0 Å². The highest BCUT2D eigenvalue weighted by atomic mass is 15.2. The van der Waals surface area contributed by atoms with Crippen LogP contribution >= 0.6 is 0 Å². The van der Waals surface area contributed by atoms with Crippen molar-refractivity contribution in [3.05, 3.63) is 71.3 Å². The lowest BCUT2D eigenvalue weighted by atomic mass is 9.87. The maximum absolute atomic E-state index is 2.79. The van der Waals surface area contributed by atoms with Crippen LogP contribution in [0, 0.1) is 0 Å². The first-order valence-corrected chi connectivity index (χ1v) is 9.68. The summed E-state index contributed by atoms with van der Waals surface area (Å²) in [5, 5.41) is 0. The second kappa shape index (κ2) is 7.11. The van der Waals surface area contributed by atoms with Crippen molar-refractivity contribution < 1.29 is 0 Å². The lowest BCUT2D eigenvalue weighted by Crippen LogP contribution is -2.41. The Bertz CT molecular complexity index is 655. The van der Waals surface area contributed by atoms with E-state index in [1.165, 1.54) is 45.2 Å². The number of fused-ring (bicyclic) bond motifs is 1. The van der Waals surface area contributed by atoms with Crippen molar-refractivity contribution >= 4 is 0 Å². The van der Waals surface area contributed by atoms with E-state index in [1.807, 2.05) is 0 Å². The number of rotatable bonds is 2. The van der Waals surface area contributed by atoms with Gasteiger partial charge in [-0.2, -0.15) is 0 Å². The summed E-state index contributed by atoms with van der Waals surface area (Å²) in [7, 11) is 0. The van der Waals surface area contributed by atoms with Gasteiger partial charge in [0.25, 0.3) is 0 Å². The van der Waals surface area contributed by atoms with E-state index in [0.717, 1.165) is 12.0 Å². The highest BCUT2D eigenvalue weighted by Crippen LogP contribution is 2.35. The number of nitrogens with zero attached hydrogens (tertiary/aromatic N) is 1. The second-order valence-corrected chi connectivity index (χ2v) is 7.75. The summed E-state index contributed by atoms with van der Waals surface area (Å²) in [5.41, 5.74) is 4.73.